The Hall–Kier alpha value is -2.40. The summed E-state index contributed by atoms with van der Waals surface area (Å²) in [5, 5.41) is 10.8. The van der Waals surface area contributed by atoms with Gasteiger partial charge in [-0.05, 0) is 47.0 Å². The van der Waals surface area contributed by atoms with Crippen LogP contribution in [0.1, 0.15) is 5.56 Å². The van der Waals surface area contributed by atoms with Crippen molar-refractivity contribution in [1.82, 2.24) is 14.6 Å². The van der Waals surface area contributed by atoms with Gasteiger partial charge in [0.15, 0.2) is 5.65 Å². The molecular weight excluding hydrogens is 270 g/mol. The summed E-state index contributed by atoms with van der Waals surface area (Å²) in [6, 6.07) is 10.4. The Morgan fingerprint density at radius 3 is 2.95 bits per heavy atom. The van der Waals surface area contributed by atoms with Gasteiger partial charge in [0.05, 0.1) is 0 Å². The van der Waals surface area contributed by atoms with Crippen LogP contribution >= 0.6 is 11.3 Å². The van der Waals surface area contributed by atoms with Crippen LogP contribution in [0.4, 0.5) is 0 Å². The van der Waals surface area contributed by atoms with E-state index in [1.54, 1.807) is 17.5 Å². The maximum Gasteiger partial charge on any atom is 0.347 e. The number of aromatic nitrogens is 3. The van der Waals surface area contributed by atoms with E-state index in [-0.39, 0.29) is 5.69 Å². The first kappa shape index (κ1) is 11.4. The lowest BCUT2D eigenvalue weighted by atomic mass is 10.1. The van der Waals surface area contributed by atoms with Crippen molar-refractivity contribution in [2.75, 3.05) is 0 Å². The maximum atomic E-state index is 11.6. The highest BCUT2D eigenvalue weighted by atomic mass is 32.1. The number of fused-ring (bicyclic) bond motifs is 3. The summed E-state index contributed by atoms with van der Waals surface area (Å²) in [4.78, 5) is 12.9. The van der Waals surface area contributed by atoms with Gasteiger partial charge in [-0.1, -0.05) is 12.1 Å². The van der Waals surface area contributed by atoms with Gasteiger partial charge in [0.2, 0.25) is 0 Å². The zero-order valence-electron chi connectivity index (χ0n) is 10.8. The van der Waals surface area contributed by atoms with E-state index in [0.717, 1.165) is 16.3 Å². The van der Waals surface area contributed by atoms with Crippen molar-refractivity contribution in [3.63, 3.8) is 0 Å². The van der Waals surface area contributed by atoms with Gasteiger partial charge in [-0.25, -0.2) is 14.3 Å². The van der Waals surface area contributed by atoms with Crippen LogP contribution in [0.15, 0.2) is 46.7 Å². The topological polar surface area (TPSA) is 50.2 Å². The molecule has 0 unspecified atom stereocenters. The lowest BCUT2D eigenvalue weighted by Crippen LogP contribution is -2.08. The summed E-state index contributed by atoms with van der Waals surface area (Å²) in [6.07, 6.45) is 1.75. The average Bonchev–Trinajstić information content (AvgIpc) is 3.05. The molecule has 1 N–H and O–H groups in total. The quantitative estimate of drug-likeness (QED) is 0.582. The normalized spacial score (nSPS) is 11.4. The molecule has 0 fully saturated rings. The van der Waals surface area contributed by atoms with Crippen molar-refractivity contribution in [2.24, 2.45) is 0 Å². The van der Waals surface area contributed by atoms with Crippen LogP contribution in [-0.2, 0) is 0 Å². The first-order valence-corrected chi connectivity index (χ1v) is 7.15. The molecule has 4 aromatic rings. The van der Waals surface area contributed by atoms with Crippen LogP contribution in [0.3, 0.4) is 0 Å². The summed E-state index contributed by atoms with van der Waals surface area (Å²) in [6.45, 7) is 2.09. The Labute approximate surface area is 118 Å². The molecule has 0 atom stereocenters. The third-order valence-electron chi connectivity index (χ3n) is 3.42. The molecule has 4 nitrogen and oxygen atoms in total. The molecule has 20 heavy (non-hydrogen) atoms. The van der Waals surface area contributed by atoms with Crippen LogP contribution in [0, 0.1) is 6.92 Å². The number of aromatic amines is 1. The van der Waals surface area contributed by atoms with E-state index in [9.17, 15) is 4.79 Å². The Morgan fingerprint density at radius 1 is 1.25 bits per heavy atom. The lowest BCUT2D eigenvalue weighted by Gasteiger charge is -2.02. The van der Waals surface area contributed by atoms with Gasteiger partial charge in [0, 0.05) is 16.5 Å². The standard InChI is InChI=1S/C15H11N3OS/c1-9-6-13(20-8-9)11-3-2-10-4-5-18-14(12(10)7-11)16-17-15(18)19/h2-8H,1H3,(H,17,19). The zero-order chi connectivity index (χ0) is 13.7. The van der Waals surface area contributed by atoms with Gasteiger partial charge < -0.3 is 0 Å². The summed E-state index contributed by atoms with van der Waals surface area (Å²) in [7, 11) is 0. The molecule has 4 rings (SSSR count). The van der Waals surface area contributed by atoms with E-state index < -0.39 is 0 Å². The van der Waals surface area contributed by atoms with E-state index >= 15 is 0 Å². The second-order valence-electron chi connectivity index (χ2n) is 4.83. The van der Waals surface area contributed by atoms with Crippen molar-refractivity contribution in [1.29, 1.82) is 0 Å². The van der Waals surface area contributed by atoms with Crippen LogP contribution in [-0.4, -0.2) is 14.6 Å². The van der Waals surface area contributed by atoms with Crippen LogP contribution in [0.5, 0.6) is 0 Å². The largest absolute Gasteiger partial charge is 0.347 e. The minimum absolute atomic E-state index is 0.209. The number of nitrogens with zero attached hydrogens (tertiary/aromatic N) is 2. The lowest BCUT2D eigenvalue weighted by molar-refractivity contribution is 1.02. The minimum atomic E-state index is -0.209. The molecule has 5 heteroatoms. The summed E-state index contributed by atoms with van der Waals surface area (Å²) in [5.74, 6) is 0. The molecule has 0 saturated heterocycles. The first-order valence-electron chi connectivity index (χ1n) is 6.27. The van der Waals surface area contributed by atoms with Crippen LogP contribution in [0.25, 0.3) is 26.9 Å². The number of rotatable bonds is 1. The Balaban J connectivity index is 2.06. The third kappa shape index (κ3) is 1.60. The maximum absolute atomic E-state index is 11.6. The summed E-state index contributed by atoms with van der Waals surface area (Å²) < 4.78 is 1.53. The number of pyridine rings is 1. The van der Waals surface area contributed by atoms with Gasteiger partial charge in [0.25, 0.3) is 0 Å². The highest BCUT2D eigenvalue weighted by Crippen LogP contribution is 2.30. The van der Waals surface area contributed by atoms with Crippen LogP contribution in [0.2, 0.25) is 0 Å². The fourth-order valence-corrected chi connectivity index (χ4v) is 3.32. The Kier molecular flexibility index (Phi) is 2.31. The second-order valence-corrected chi connectivity index (χ2v) is 5.74. The molecule has 0 aliphatic heterocycles. The predicted octanol–water partition coefficient (Wildman–Crippen LogP) is 3.21. The molecule has 0 aliphatic rings. The Bertz CT molecular complexity index is 993. The monoisotopic (exact) mass is 281 g/mol. The molecule has 3 heterocycles. The van der Waals surface area contributed by atoms with Crippen LogP contribution < -0.4 is 5.69 Å². The van der Waals surface area contributed by atoms with Crippen molar-refractivity contribution >= 4 is 27.8 Å². The minimum Gasteiger partial charge on any atom is -0.250 e. The van der Waals surface area contributed by atoms with E-state index in [2.05, 4.69) is 46.8 Å². The van der Waals surface area contributed by atoms with E-state index in [0.29, 0.717) is 5.65 Å². The number of thiophene rings is 1. The average molecular weight is 281 g/mol. The van der Waals surface area contributed by atoms with Gasteiger partial charge >= 0.3 is 5.69 Å². The molecule has 0 aliphatic carbocycles. The fourth-order valence-electron chi connectivity index (χ4n) is 2.42. The van der Waals surface area contributed by atoms with E-state index in [4.69, 9.17) is 0 Å². The SMILES string of the molecule is Cc1csc(-c2ccc3ccn4c(=O)[nH]nc4c3c2)c1. The number of benzene rings is 1. The second kappa shape index (κ2) is 4.05. The number of hydrogen-bond acceptors (Lipinski definition) is 3. The fraction of sp³-hybridized carbons (Fsp3) is 0.0667. The number of nitrogens with one attached hydrogen (secondary N) is 1. The summed E-state index contributed by atoms with van der Waals surface area (Å²) >= 11 is 1.73. The molecule has 0 bridgehead atoms. The highest BCUT2D eigenvalue weighted by Gasteiger charge is 2.07. The number of H-pyrrole nitrogens is 1. The Morgan fingerprint density at radius 2 is 2.15 bits per heavy atom. The highest BCUT2D eigenvalue weighted by molar-refractivity contribution is 7.13. The molecule has 0 radical (unpaired) electrons. The number of hydrogen-bond donors (Lipinski definition) is 1. The molecule has 1 aromatic carbocycles. The predicted molar refractivity (Wildman–Crippen MR) is 81.4 cm³/mol. The molecule has 98 valence electrons. The molecule has 3 aromatic heterocycles. The zero-order valence-corrected chi connectivity index (χ0v) is 11.6. The smallest absolute Gasteiger partial charge is 0.250 e. The molecular formula is C15H11N3OS. The molecule has 0 saturated carbocycles. The first-order chi connectivity index (χ1) is 9.72. The van der Waals surface area contributed by atoms with E-state index in [1.807, 2.05) is 6.07 Å². The van der Waals surface area contributed by atoms with Crippen molar-refractivity contribution in [3.05, 3.63) is 58.0 Å². The van der Waals surface area contributed by atoms with E-state index in [1.165, 1.54) is 14.8 Å². The van der Waals surface area contributed by atoms with Crippen molar-refractivity contribution in [2.45, 2.75) is 6.92 Å². The van der Waals surface area contributed by atoms with Gasteiger partial charge in [-0.2, -0.15) is 5.10 Å². The molecule has 0 amide bonds. The molecule has 0 spiro atoms. The van der Waals surface area contributed by atoms with Gasteiger partial charge in [-0.15, -0.1) is 11.3 Å². The van der Waals surface area contributed by atoms with Crippen molar-refractivity contribution in [3.8, 4) is 10.4 Å². The van der Waals surface area contributed by atoms with Crippen molar-refractivity contribution < 1.29 is 0 Å². The van der Waals surface area contributed by atoms with Gasteiger partial charge in [-0.3, -0.25) is 0 Å². The number of aryl methyl sites for hydroxylation is 1. The third-order valence-corrected chi connectivity index (χ3v) is 4.51. The van der Waals surface area contributed by atoms with Gasteiger partial charge in [0.1, 0.15) is 0 Å². The summed E-state index contributed by atoms with van der Waals surface area (Å²) in [5.41, 5.74) is 2.88.